The lowest BCUT2D eigenvalue weighted by Gasteiger charge is -2.25. The second-order valence-electron chi connectivity index (χ2n) is 3.61. The zero-order chi connectivity index (χ0) is 11.5. The van der Waals surface area contributed by atoms with Gasteiger partial charge >= 0.3 is 0 Å². The molecule has 0 saturated carbocycles. The van der Waals surface area contributed by atoms with Crippen molar-refractivity contribution in [3.8, 4) is 0 Å². The summed E-state index contributed by atoms with van der Waals surface area (Å²) in [5, 5.41) is 2.76. The Balaban J connectivity index is 2.13. The van der Waals surface area contributed by atoms with Crippen LogP contribution in [-0.4, -0.2) is 29.8 Å². The summed E-state index contributed by atoms with van der Waals surface area (Å²) in [6.07, 6.45) is 0. The quantitative estimate of drug-likeness (QED) is 0.821. The Kier molecular flexibility index (Phi) is 3.36. The number of halogens is 1. The van der Waals surface area contributed by atoms with Crippen LogP contribution in [0.15, 0.2) is 28.7 Å². The van der Waals surface area contributed by atoms with Crippen molar-refractivity contribution >= 4 is 27.7 Å². The molecule has 84 valence electrons. The van der Waals surface area contributed by atoms with Gasteiger partial charge in [0.2, 0.25) is 11.8 Å². The Bertz CT molecular complexity index is 418. The first-order valence-electron chi connectivity index (χ1n) is 4.95. The minimum absolute atomic E-state index is 0.170. The molecule has 4 nitrogen and oxygen atoms in total. The normalized spacial score (nSPS) is 16.7. The Morgan fingerprint density at radius 1 is 1.25 bits per heavy atom. The van der Waals surface area contributed by atoms with Gasteiger partial charge in [-0.25, -0.2) is 0 Å². The number of nitrogens with zero attached hydrogens (tertiary/aromatic N) is 1. The van der Waals surface area contributed by atoms with Crippen LogP contribution in [0.3, 0.4) is 0 Å². The van der Waals surface area contributed by atoms with E-state index in [2.05, 4.69) is 21.2 Å². The predicted octanol–water partition coefficient (Wildman–Crippen LogP) is 0.907. The van der Waals surface area contributed by atoms with Crippen molar-refractivity contribution in [2.75, 3.05) is 13.1 Å². The van der Waals surface area contributed by atoms with Crippen molar-refractivity contribution < 1.29 is 9.59 Å². The molecule has 1 heterocycles. The Labute approximate surface area is 102 Å². The van der Waals surface area contributed by atoms with Gasteiger partial charge in [0, 0.05) is 4.47 Å². The van der Waals surface area contributed by atoms with Crippen LogP contribution < -0.4 is 5.32 Å². The van der Waals surface area contributed by atoms with E-state index >= 15 is 0 Å². The molecule has 1 aromatic carbocycles. The first kappa shape index (κ1) is 11.3. The second kappa shape index (κ2) is 4.76. The number of nitrogens with one attached hydrogen (secondary N) is 1. The third-order valence-corrected chi connectivity index (χ3v) is 2.88. The number of carbonyl (C=O) groups excluding carboxylic acids is 2. The number of carbonyl (C=O) groups is 2. The largest absolute Gasteiger partial charge is 0.300 e. The number of imide groups is 1. The molecule has 1 aromatic rings. The molecule has 0 bridgehead atoms. The number of amides is 2. The van der Waals surface area contributed by atoms with E-state index in [1.54, 1.807) is 0 Å². The maximum absolute atomic E-state index is 11.5. The molecule has 0 aliphatic carbocycles. The van der Waals surface area contributed by atoms with Crippen LogP contribution in [0, 0.1) is 0 Å². The summed E-state index contributed by atoms with van der Waals surface area (Å²) in [4.78, 5) is 24.3. The van der Waals surface area contributed by atoms with E-state index in [0.29, 0.717) is 6.54 Å². The second-order valence-corrected chi connectivity index (χ2v) is 4.52. The van der Waals surface area contributed by atoms with Gasteiger partial charge in [0.25, 0.3) is 0 Å². The standard InChI is InChI=1S/C11H11BrN2O2/c12-9-3-1-2-8(4-9)7-14-10(15)5-13-6-11(14)16/h1-4,13H,5-7H2. The zero-order valence-electron chi connectivity index (χ0n) is 8.57. The fraction of sp³-hybridized carbons (Fsp3) is 0.273. The van der Waals surface area contributed by atoms with E-state index in [9.17, 15) is 9.59 Å². The first-order valence-corrected chi connectivity index (χ1v) is 5.74. The fourth-order valence-electron chi connectivity index (χ4n) is 1.60. The smallest absolute Gasteiger partial charge is 0.243 e. The third kappa shape index (κ3) is 2.48. The van der Waals surface area contributed by atoms with Crippen molar-refractivity contribution in [1.29, 1.82) is 0 Å². The van der Waals surface area contributed by atoms with Crippen LogP contribution >= 0.6 is 15.9 Å². The Morgan fingerprint density at radius 3 is 2.56 bits per heavy atom. The monoisotopic (exact) mass is 282 g/mol. The number of hydrogen-bond acceptors (Lipinski definition) is 3. The number of piperazine rings is 1. The Morgan fingerprint density at radius 2 is 1.94 bits per heavy atom. The van der Waals surface area contributed by atoms with Crippen LogP contribution in [0.4, 0.5) is 0 Å². The Hall–Kier alpha value is -1.20. The van der Waals surface area contributed by atoms with E-state index in [1.165, 1.54) is 4.90 Å². The maximum Gasteiger partial charge on any atom is 0.243 e. The predicted molar refractivity (Wildman–Crippen MR) is 62.6 cm³/mol. The van der Waals surface area contributed by atoms with E-state index in [-0.39, 0.29) is 24.9 Å². The lowest BCUT2D eigenvalue weighted by atomic mass is 10.2. The highest BCUT2D eigenvalue weighted by atomic mass is 79.9. The summed E-state index contributed by atoms with van der Waals surface area (Å²) >= 11 is 3.36. The first-order chi connectivity index (χ1) is 7.66. The molecule has 1 aliphatic heterocycles. The molecule has 0 unspecified atom stereocenters. The van der Waals surface area contributed by atoms with Crippen LogP contribution in [0.25, 0.3) is 0 Å². The van der Waals surface area contributed by atoms with E-state index in [0.717, 1.165) is 10.0 Å². The molecule has 0 radical (unpaired) electrons. The molecule has 0 atom stereocenters. The number of benzene rings is 1. The molecular weight excluding hydrogens is 272 g/mol. The zero-order valence-corrected chi connectivity index (χ0v) is 10.2. The highest BCUT2D eigenvalue weighted by Gasteiger charge is 2.25. The molecule has 1 fully saturated rings. The molecule has 1 aliphatic rings. The SMILES string of the molecule is O=C1CNCC(=O)N1Cc1cccc(Br)c1. The van der Waals surface area contributed by atoms with Crippen molar-refractivity contribution in [2.24, 2.45) is 0 Å². The van der Waals surface area contributed by atoms with Gasteiger partial charge < -0.3 is 0 Å². The summed E-state index contributed by atoms with van der Waals surface area (Å²) in [5.74, 6) is -0.340. The van der Waals surface area contributed by atoms with Gasteiger partial charge in [0.1, 0.15) is 0 Å². The molecule has 5 heteroatoms. The average molecular weight is 283 g/mol. The topological polar surface area (TPSA) is 49.4 Å². The maximum atomic E-state index is 11.5. The third-order valence-electron chi connectivity index (χ3n) is 2.38. The highest BCUT2D eigenvalue weighted by Crippen LogP contribution is 2.14. The van der Waals surface area contributed by atoms with Gasteiger partial charge in [-0.2, -0.15) is 0 Å². The van der Waals surface area contributed by atoms with Crippen LogP contribution in [0.5, 0.6) is 0 Å². The van der Waals surface area contributed by atoms with Gasteiger partial charge in [0.05, 0.1) is 19.6 Å². The summed E-state index contributed by atoms with van der Waals surface area (Å²) in [6, 6.07) is 7.59. The van der Waals surface area contributed by atoms with Crippen LogP contribution in [0.1, 0.15) is 5.56 Å². The summed E-state index contributed by atoms with van der Waals surface area (Å²) < 4.78 is 0.944. The number of rotatable bonds is 2. The van der Waals surface area contributed by atoms with E-state index < -0.39 is 0 Å². The van der Waals surface area contributed by atoms with E-state index in [1.807, 2.05) is 24.3 Å². The molecule has 0 aromatic heterocycles. The summed E-state index contributed by atoms with van der Waals surface area (Å²) in [5.41, 5.74) is 0.943. The van der Waals surface area contributed by atoms with Gasteiger partial charge in [-0.15, -0.1) is 0 Å². The van der Waals surface area contributed by atoms with Crippen molar-refractivity contribution in [3.05, 3.63) is 34.3 Å². The summed E-state index contributed by atoms with van der Waals surface area (Å²) in [6.45, 7) is 0.818. The van der Waals surface area contributed by atoms with Gasteiger partial charge in [-0.05, 0) is 17.7 Å². The van der Waals surface area contributed by atoms with Gasteiger partial charge in [-0.3, -0.25) is 19.8 Å². The highest BCUT2D eigenvalue weighted by molar-refractivity contribution is 9.10. The van der Waals surface area contributed by atoms with Crippen molar-refractivity contribution in [1.82, 2.24) is 10.2 Å². The molecular formula is C11H11BrN2O2. The van der Waals surface area contributed by atoms with Crippen LogP contribution in [0.2, 0.25) is 0 Å². The van der Waals surface area contributed by atoms with Crippen LogP contribution in [-0.2, 0) is 16.1 Å². The molecule has 0 spiro atoms. The average Bonchev–Trinajstić information content (AvgIpc) is 2.24. The summed E-state index contributed by atoms with van der Waals surface area (Å²) in [7, 11) is 0. The van der Waals surface area contributed by atoms with Gasteiger partial charge in [-0.1, -0.05) is 28.1 Å². The fourth-order valence-corrected chi connectivity index (χ4v) is 2.05. The molecule has 2 rings (SSSR count). The lowest BCUT2D eigenvalue weighted by Crippen LogP contribution is -2.51. The number of hydrogen-bond donors (Lipinski definition) is 1. The van der Waals surface area contributed by atoms with Crippen molar-refractivity contribution in [2.45, 2.75) is 6.54 Å². The molecule has 1 saturated heterocycles. The van der Waals surface area contributed by atoms with E-state index in [4.69, 9.17) is 0 Å². The minimum atomic E-state index is -0.170. The van der Waals surface area contributed by atoms with Gasteiger partial charge in [0.15, 0.2) is 0 Å². The molecule has 2 amide bonds. The minimum Gasteiger partial charge on any atom is -0.300 e. The molecule has 16 heavy (non-hydrogen) atoms. The lowest BCUT2D eigenvalue weighted by molar-refractivity contribution is -0.147. The van der Waals surface area contributed by atoms with Crippen molar-refractivity contribution in [3.63, 3.8) is 0 Å². The molecule has 1 N–H and O–H groups in total.